The fraction of sp³-hybridized carbons (Fsp3) is 0.333. The van der Waals surface area contributed by atoms with Gasteiger partial charge in [-0.15, -0.1) is 0 Å². The summed E-state index contributed by atoms with van der Waals surface area (Å²) in [6, 6.07) is 4.91. The second-order valence-corrected chi connectivity index (χ2v) is 4.99. The molecule has 78 valence electrons. The molecule has 0 aromatic heterocycles. The van der Waals surface area contributed by atoms with Gasteiger partial charge in [0, 0.05) is 0 Å². The Hall–Kier alpha value is -1.23. The Bertz CT molecular complexity index is 426. The van der Waals surface area contributed by atoms with Gasteiger partial charge in [-0.3, -0.25) is 4.72 Å². The first-order chi connectivity index (χ1) is 6.46. The van der Waals surface area contributed by atoms with E-state index in [9.17, 15) is 13.5 Å². The molecular formula is C9H13NO3S. The summed E-state index contributed by atoms with van der Waals surface area (Å²) < 4.78 is 24.7. The average Bonchev–Trinajstić information content (AvgIpc) is 2.13. The van der Waals surface area contributed by atoms with Gasteiger partial charge in [0.2, 0.25) is 10.0 Å². The highest BCUT2D eigenvalue weighted by atomic mass is 32.2. The van der Waals surface area contributed by atoms with Gasteiger partial charge >= 0.3 is 0 Å². The van der Waals surface area contributed by atoms with Gasteiger partial charge in [-0.25, -0.2) is 8.42 Å². The van der Waals surface area contributed by atoms with Gasteiger partial charge in [-0.05, 0) is 25.5 Å². The Morgan fingerprint density at radius 3 is 2.64 bits per heavy atom. The maximum absolute atomic E-state index is 11.2. The molecule has 0 atom stereocenters. The third-order valence-corrected chi connectivity index (χ3v) is 3.17. The molecule has 0 aliphatic rings. The van der Waals surface area contributed by atoms with Gasteiger partial charge in [-0.1, -0.05) is 12.1 Å². The van der Waals surface area contributed by atoms with Crippen LogP contribution >= 0.6 is 0 Å². The lowest BCUT2D eigenvalue weighted by Crippen LogP contribution is -2.14. The Morgan fingerprint density at radius 1 is 1.43 bits per heavy atom. The summed E-state index contributed by atoms with van der Waals surface area (Å²) in [4.78, 5) is 0. The smallest absolute Gasteiger partial charge is 0.232 e. The van der Waals surface area contributed by atoms with Crippen LogP contribution in [0, 0.1) is 6.92 Å². The number of aryl methyl sites for hydroxylation is 1. The number of sulfonamides is 1. The summed E-state index contributed by atoms with van der Waals surface area (Å²) in [5.41, 5.74) is 0.869. The van der Waals surface area contributed by atoms with Crippen LogP contribution in [-0.2, 0) is 10.0 Å². The highest BCUT2D eigenvalue weighted by molar-refractivity contribution is 7.92. The van der Waals surface area contributed by atoms with E-state index in [2.05, 4.69) is 4.72 Å². The molecule has 2 N–H and O–H groups in total. The first kappa shape index (κ1) is 10.8. The van der Waals surface area contributed by atoms with Crippen LogP contribution in [0.25, 0.3) is 0 Å². The average molecular weight is 215 g/mol. The highest BCUT2D eigenvalue weighted by Crippen LogP contribution is 2.27. The van der Waals surface area contributed by atoms with Crippen molar-refractivity contribution in [3.05, 3.63) is 23.8 Å². The minimum Gasteiger partial charge on any atom is -0.505 e. The number of nitrogens with one attached hydrogen (secondary N) is 1. The molecule has 0 heterocycles. The van der Waals surface area contributed by atoms with Crippen molar-refractivity contribution in [3.63, 3.8) is 0 Å². The molecule has 14 heavy (non-hydrogen) atoms. The molecular weight excluding hydrogens is 202 g/mol. The molecule has 0 saturated heterocycles. The zero-order chi connectivity index (χ0) is 10.8. The highest BCUT2D eigenvalue weighted by Gasteiger charge is 2.10. The second-order valence-electron chi connectivity index (χ2n) is 2.98. The maximum atomic E-state index is 11.2. The largest absolute Gasteiger partial charge is 0.505 e. The number of aromatic hydroxyl groups is 1. The van der Waals surface area contributed by atoms with E-state index in [1.807, 2.05) is 0 Å². The molecule has 0 unspecified atom stereocenters. The predicted molar refractivity (Wildman–Crippen MR) is 55.9 cm³/mol. The number of para-hydroxylation sites is 1. The standard InChI is InChI=1S/C9H13NO3S/c1-3-14(12,13)10-8-6-4-5-7(2)9(8)11/h4-6,10-11H,3H2,1-2H3. The van der Waals surface area contributed by atoms with Crippen LogP contribution in [0.1, 0.15) is 12.5 Å². The molecule has 0 amide bonds. The van der Waals surface area contributed by atoms with Gasteiger partial charge in [0.15, 0.2) is 0 Å². The maximum Gasteiger partial charge on any atom is 0.232 e. The summed E-state index contributed by atoms with van der Waals surface area (Å²) in [6.45, 7) is 3.24. The molecule has 1 aromatic rings. The van der Waals surface area contributed by atoms with Crippen LogP contribution in [0.4, 0.5) is 5.69 Å². The normalized spacial score (nSPS) is 11.3. The zero-order valence-corrected chi connectivity index (χ0v) is 8.93. The van der Waals surface area contributed by atoms with E-state index < -0.39 is 10.0 Å². The van der Waals surface area contributed by atoms with Gasteiger partial charge in [0.1, 0.15) is 5.75 Å². The third kappa shape index (κ3) is 2.38. The minimum atomic E-state index is -3.32. The lowest BCUT2D eigenvalue weighted by atomic mass is 10.2. The first-order valence-electron chi connectivity index (χ1n) is 4.25. The van der Waals surface area contributed by atoms with Crippen molar-refractivity contribution in [2.24, 2.45) is 0 Å². The van der Waals surface area contributed by atoms with Crippen LogP contribution in [0.5, 0.6) is 5.75 Å². The SMILES string of the molecule is CCS(=O)(=O)Nc1cccc(C)c1O. The molecule has 5 heteroatoms. The van der Waals surface area contributed by atoms with Gasteiger partial charge in [-0.2, -0.15) is 0 Å². The van der Waals surface area contributed by atoms with Crippen LogP contribution < -0.4 is 4.72 Å². The van der Waals surface area contributed by atoms with Crippen molar-refractivity contribution >= 4 is 15.7 Å². The number of rotatable bonds is 3. The van der Waals surface area contributed by atoms with Crippen LogP contribution in [-0.4, -0.2) is 19.3 Å². The summed E-state index contributed by atoms with van der Waals surface area (Å²) in [5.74, 6) is -0.0371. The Balaban J connectivity index is 3.05. The lowest BCUT2D eigenvalue weighted by molar-refractivity contribution is 0.473. The number of phenols is 1. The number of hydrogen-bond acceptors (Lipinski definition) is 3. The van der Waals surface area contributed by atoms with E-state index in [0.29, 0.717) is 5.56 Å². The lowest BCUT2D eigenvalue weighted by Gasteiger charge is -2.09. The zero-order valence-electron chi connectivity index (χ0n) is 8.11. The van der Waals surface area contributed by atoms with Crippen molar-refractivity contribution < 1.29 is 13.5 Å². The molecule has 0 aliphatic carbocycles. The molecule has 1 aromatic carbocycles. The Labute approximate surface area is 83.6 Å². The van der Waals surface area contributed by atoms with Gasteiger partial charge in [0.25, 0.3) is 0 Å². The fourth-order valence-electron chi connectivity index (χ4n) is 0.981. The number of anilines is 1. The Morgan fingerprint density at radius 2 is 2.07 bits per heavy atom. The van der Waals surface area contributed by atoms with Crippen molar-refractivity contribution in [2.45, 2.75) is 13.8 Å². The number of benzene rings is 1. The van der Waals surface area contributed by atoms with E-state index in [-0.39, 0.29) is 17.2 Å². The van der Waals surface area contributed by atoms with Crippen LogP contribution in [0.15, 0.2) is 18.2 Å². The number of phenolic OH excluding ortho intramolecular Hbond substituents is 1. The van der Waals surface area contributed by atoms with Gasteiger partial charge < -0.3 is 5.11 Å². The molecule has 0 radical (unpaired) electrons. The van der Waals surface area contributed by atoms with Crippen molar-refractivity contribution in [1.82, 2.24) is 0 Å². The summed E-state index contributed by atoms with van der Waals surface area (Å²) in [5, 5.41) is 9.53. The summed E-state index contributed by atoms with van der Waals surface area (Å²) >= 11 is 0. The Kier molecular flexibility index (Phi) is 3.00. The quantitative estimate of drug-likeness (QED) is 0.750. The van der Waals surface area contributed by atoms with E-state index in [4.69, 9.17) is 0 Å². The fourth-order valence-corrected chi connectivity index (χ4v) is 1.63. The number of hydrogen-bond donors (Lipinski definition) is 2. The summed E-state index contributed by atoms with van der Waals surface area (Å²) in [6.07, 6.45) is 0. The molecule has 0 bridgehead atoms. The van der Waals surface area contributed by atoms with Crippen LogP contribution in [0.3, 0.4) is 0 Å². The van der Waals surface area contributed by atoms with Crippen molar-refractivity contribution in [3.8, 4) is 5.75 Å². The van der Waals surface area contributed by atoms with Crippen molar-refractivity contribution in [1.29, 1.82) is 0 Å². The minimum absolute atomic E-state index is 0.0135. The monoisotopic (exact) mass is 215 g/mol. The molecule has 1 rings (SSSR count). The second kappa shape index (κ2) is 3.88. The van der Waals surface area contributed by atoms with Crippen LogP contribution in [0.2, 0.25) is 0 Å². The third-order valence-electron chi connectivity index (χ3n) is 1.88. The van der Waals surface area contributed by atoms with Crippen molar-refractivity contribution in [2.75, 3.05) is 10.5 Å². The van der Waals surface area contributed by atoms with E-state index in [1.165, 1.54) is 13.0 Å². The summed E-state index contributed by atoms with van der Waals surface area (Å²) in [7, 11) is -3.32. The van der Waals surface area contributed by atoms with E-state index >= 15 is 0 Å². The topological polar surface area (TPSA) is 66.4 Å². The molecule has 0 saturated carbocycles. The first-order valence-corrected chi connectivity index (χ1v) is 5.90. The molecule has 0 spiro atoms. The predicted octanol–water partition coefficient (Wildman–Crippen LogP) is 1.46. The molecule has 4 nitrogen and oxygen atoms in total. The van der Waals surface area contributed by atoms with E-state index in [1.54, 1.807) is 19.1 Å². The van der Waals surface area contributed by atoms with E-state index in [0.717, 1.165) is 0 Å². The van der Waals surface area contributed by atoms with Gasteiger partial charge in [0.05, 0.1) is 11.4 Å². The molecule has 0 fully saturated rings. The molecule has 0 aliphatic heterocycles.